The molecule has 0 aromatic heterocycles. The Hall–Kier alpha value is -1.57. The zero-order chi connectivity index (χ0) is 10.5. The lowest BCUT2D eigenvalue weighted by molar-refractivity contribution is 0.985. The second-order valence-electron chi connectivity index (χ2n) is 2.56. The maximum absolute atomic E-state index is 3.57. The van der Waals surface area contributed by atoms with Crippen LogP contribution in [0.2, 0.25) is 0 Å². The quantitative estimate of drug-likeness (QED) is 0.372. The van der Waals surface area contributed by atoms with Crippen molar-refractivity contribution in [2.24, 2.45) is 4.99 Å². The molecular formula is C12H18N2. The maximum Gasteiger partial charge on any atom is 0.0328 e. The van der Waals surface area contributed by atoms with E-state index >= 15 is 0 Å². The van der Waals surface area contributed by atoms with Crippen LogP contribution >= 0.6 is 0 Å². The summed E-state index contributed by atoms with van der Waals surface area (Å²) >= 11 is 0. The maximum atomic E-state index is 3.57. The minimum Gasteiger partial charge on any atom is -0.387 e. The predicted molar refractivity (Wildman–Crippen MR) is 64.4 cm³/mol. The summed E-state index contributed by atoms with van der Waals surface area (Å²) in [5, 5.41) is 3.11. The number of nitrogens with one attached hydrogen (secondary N) is 1. The van der Waals surface area contributed by atoms with Gasteiger partial charge in [0.1, 0.15) is 0 Å². The summed E-state index contributed by atoms with van der Waals surface area (Å²) in [5.74, 6) is 0. The third kappa shape index (κ3) is 10.4. The minimum atomic E-state index is 0.833. The number of allylic oxidation sites excluding steroid dienone is 5. The fourth-order valence-electron chi connectivity index (χ4n) is 0.731. The van der Waals surface area contributed by atoms with Crippen molar-refractivity contribution in [1.29, 1.82) is 0 Å². The molecule has 0 atom stereocenters. The third-order valence-electron chi connectivity index (χ3n) is 1.37. The molecule has 2 heteroatoms. The first-order chi connectivity index (χ1) is 6.91. The topological polar surface area (TPSA) is 24.4 Å². The highest BCUT2D eigenvalue weighted by atomic mass is 14.8. The molecule has 0 aromatic carbocycles. The normalized spacial score (nSPS) is 12.4. The van der Waals surface area contributed by atoms with Gasteiger partial charge < -0.3 is 5.32 Å². The molecule has 2 nitrogen and oxygen atoms in total. The molecule has 0 radical (unpaired) electrons. The van der Waals surface area contributed by atoms with Crippen molar-refractivity contribution in [1.82, 2.24) is 5.32 Å². The number of rotatable bonds is 7. The van der Waals surface area contributed by atoms with E-state index in [1.165, 1.54) is 0 Å². The van der Waals surface area contributed by atoms with Gasteiger partial charge in [-0.25, -0.2) is 0 Å². The minimum absolute atomic E-state index is 0.833. The molecule has 0 heterocycles. The SMILES string of the molecule is C=N/C=C\C=C\NC/C=C\C=C/CC. The number of hydrogen-bond acceptors (Lipinski definition) is 2. The molecule has 0 unspecified atom stereocenters. The zero-order valence-corrected chi connectivity index (χ0v) is 8.69. The van der Waals surface area contributed by atoms with Crippen LogP contribution in [0, 0.1) is 0 Å². The Morgan fingerprint density at radius 1 is 1.14 bits per heavy atom. The highest BCUT2D eigenvalue weighted by molar-refractivity contribution is 5.26. The first kappa shape index (κ1) is 12.4. The van der Waals surface area contributed by atoms with Gasteiger partial charge in [-0.1, -0.05) is 31.2 Å². The second-order valence-corrected chi connectivity index (χ2v) is 2.56. The van der Waals surface area contributed by atoms with E-state index < -0.39 is 0 Å². The zero-order valence-electron chi connectivity index (χ0n) is 8.69. The van der Waals surface area contributed by atoms with Crippen LogP contribution in [0.15, 0.2) is 53.8 Å². The van der Waals surface area contributed by atoms with E-state index in [9.17, 15) is 0 Å². The van der Waals surface area contributed by atoms with Gasteiger partial charge in [-0.05, 0) is 31.5 Å². The van der Waals surface area contributed by atoms with Gasteiger partial charge in [0, 0.05) is 12.7 Å². The summed E-state index contributed by atoms with van der Waals surface area (Å²) < 4.78 is 0. The van der Waals surface area contributed by atoms with Gasteiger partial charge in [-0.3, -0.25) is 4.99 Å². The van der Waals surface area contributed by atoms with Crippen molar-refractivity contribution in [2.75, 3.05) is 6.54 Å². The molecular weight excluding hydrogens is 172 g/mol. The van der Waals surface area contributed by atoms with Crippen molar-refractivity contribution in [3.8, 4) is 0 Å². The first-order valence-electron chi connectivity index (χ1n) is 4.74. The summed E-state index contributed by atoms with van der Waals surface area (Å²) in [5.41, 5.74) is 0. The second kappa shape index (κ2) is 11.4. The number of nitrogens with zero attached hydrogens (tertiary/aromatic N) is 1. The third-order valence-corrected chi connectivity index (χ3v) is 1.37. The van der Waals surface area contributed by atoms with Gasteiger partial charge >= 0.3 is 0 Å². The highest BCUT2D eigenvalue weighted by Gasteiger charge is 1.70. The van der Waals surface area contributed by atoms with Crippen molar-refractivity contribution in [3.05, 3.63) is 48.9 Å². The van der Waals surface area contributed by atoms with E-state index in [4.69, 9.17) is 0 Å². The van der Waals surface area contributed by atoms with Gasteiger partial charge in [-0.2, -0.15) is 0 Å². The van der Waals surface area contributed by atoms with Crippen LogP contribution in [-0.4, -0.2) is 13.3 Å². The van der Waals surface area contributed by atoms with Crippen LogP contribution in [-0.2, 0) is 0 Å². The predicted octanol–water partition coefficient (Wildman–Crippen LogP) is 2.83. The van der Waals surface area contributed by atoms with Crippen molar-refractivity contribution >= 4 is 6.72 Å². The Labute approximate surface area is 86.4 Å². The fraction of sp³-hybridized carbons (Fsp3) is 0.250. The van der Waals surface area contributed by atoms with E-state index in [0.29, 0.717) is 0 Å². The summed E-state index contributed by atoms with van der Waals surface area (Å²) in [6, 6.07) is 0. The Morgan fingerprint density at radius 3 is 2.64 bits per heavy atom. The van der Waals surface area contributed by atoms with Crippen LogP contribution in [0.4, 0.5) is 0 Å². The first-order valence-corrected chi connectivity index (χ1v) is 4.74. The lowest BCUT2D eigenvalue weighted by atomic mass is 10.4. The molecule has 0 bridgehead atoms. The average molecular weight is 190 g/mol. The van der Waals surface area contributed by atoms with Crippen LogP contribution in [0.5, 0.6) is 0 Å². The molecule has 0 aliphatic heterocycles. The van der Waals surface area contributed by atoms with Crippen molar-refractivity contribution < 1.29 is 0 Å². The molecule has 0 saturated heterocycles. The smallest absolute Gasteiger partial charge is 0.0328 e. The fourth-order valence-corrected chi connectivity index (χ4v) is 0.731. The van der Waals surface area contributed by atoms with E-state index in [2.05, 4.69) is 36.1 Å². The Bertz CT molecular complexity index is 235. The molecule has 0 rings (SSSR count). The largest absolute Gasteiger partial charge is 0.387 e. The Balaban J connectivity index is 3.41. The number of aliphatic imine (C=N–C) groups is 1. The molecule has 0 spiro atoms. The van der Waals surface area contributed by atoms with Crippen molar-refractivity contribution in [2.45, 2.75) is 13.3 Å². The average Bonchev–Trinajstić information content (AvgIpc) is 2.21. The van der Waals surface area contributed by atoms with E-state index in [1.54, 1.807) is 6.20 Å². The molecule has 76 valence electrons. The molecule has 0 amide bonds. The van der Waals surface area contributed by atoms with Crippen LogP contribution < -0.4 is 5.32 Å². The molecule has 0 aliphatic carbocycles. The molecule has 0 fully saturated rings. The van der Waals surface area contributed by atoms with Crippen LogP contribution in [0.1, 0.15) is 13.3 Å². The van der Waals surface area contributed by atoms with E-state index in [0.717, 1.165) is 13.0 Å². The number of hydrogen-bond donors (Lipinski definition) is 1. The Kier molecular flexibility index (Phi) is 10.1. The molecule has 1 N–H and O–H groups in total. The van der Waals surface area contributed by atoms with Crippen LogP contribution in [0.3, 0.4) is 0 Å². The van der Waals surface area contributed by atoms with Gasteiger partial charge in [0.15, 0.2) is 0 Å². The highest BCUT2D eigenvalue weighted by Crippen LogP contribution is 1.81. The summed E-state index contributed by atoms with van der Waals surface area (Å²) in [4.78, 5) is 3.57. The van der Waals surface area contributed by atoms with E-state index in [1.807, 2.05) is 30.5 Å². The summed E-state index contributed by atoms with van der Waals surface area (Å²) in [6.07, 6.45) is 16.5. The van der Waals surface area contributed by atoms with Gasteiger partial charge in [0.25, 0.3) is 0 Å². The van der Waals surface area contributed by atoms with Gasteiger partial charge in [0.05, 0.1) is 0 Å². The molecule has 0 aliphatic rings. The molecule has 14 heavy (non-hydrogen) atoms. The standard InChI is InChI=1S/C12H18N2/c1-3-4-5-6-7-11-14-12-9-8-10-13-2/h4-10,12,14H,2-3,11H2,1H3/b5-4-,7-6-,10-8-,12-9+. The Morgan fingerprint density at radius 2 is 1.93 bits per heavy atom. The van der Waals surface area contributed by atoms with Crippen molar-refractivity contribution in [3.63, 3.8) is 0 Å². The van der Waals surface area contributed by atoms with Gasteiger partial charge in [-0.15, -0.1) is 0 Å². The van der Waals surface area contributed by atoms with E-state index in [-0.39, 0.29) is 0 Å². The lowest BCUT2D eigenvalue weighted by Gasteiger charge is -1.90. The summed E-state index contributed by atoms with van der Waals surface area (Å²) in [6.45, 7) is 6.28. The van der Waals surface area contributed by atoms with Crippen LogP contribution in [0.25, 0.3) is 0 Å². The monoisotopic (exact) mass is 190 g/mol. The summed E-state index contributed by atoms with van der Waals surface area (Å²) in [7, 11) is 0. The molecule has 0 saturated carbocycles. The lowest BCUT2D eigenvalue weighted by Crippen LogP contribution is -2.02. The van der Waals surface area contributed by atoms with Gasteiger partial charge in [0.2, 0.25) is 0 Å². The molecule has 0 aromatic rings.